The number of hydrogen-bond donors (Lipinski definition) is 1. The maximum absolute atomic E-state index is 14.6. The highest BCUT2D eigenvalue weighted by Gasteiger charge is 2.25. The van der Waals surface area contributed by atoms with Crippen molar-refractivity contribution >= 4 is 11.7 Å². The normalized spacial score (nSPS) is 14.2. The van der Waals surface area contributed by atoms with Crippen molar-refractivity contribution in [2.45, 2.75) is 32.8 Å². The first kappa shape index (κ1) is 22.4. The minimum atomic E-state index is -0.606. The van der Waals surface area contributed by atoms with Gasteiger partial charge in [0.15, 0.2) is 0 Å². The number of ether oxygens (including phenoxy) is 1. The molecule has 8 heteroatoms. The van der Waals surface area contributed by atoms with E-state index in [1.807, 2.05) is 26.0 Å². The third kappa shape index (κ3) is 5.25. The summed E-state index contributed by atoms with van der Waals surface area (Å²) in [7, 11) is 1.64. The van der Waals surface area contributed by atoms with E-state index in [2.05, 4.69) is 15.3 Å². The lowest BCUT2D eigenvalue weighted by molar-refractivity contribution is 0.0701. The lowest BCUT2D eigenvalue weighted by Gasteiger charge is -2.26. The summed E-state index contributed by atoms with van der Waals surface area (Å²) < 4.78 is 34.0. The number of amidine groups is 1. The molecule has 0 spiro atoms. The van der Waals surface area contributed by atoms with Crippen LogP contribution in [0.25, 0.3) is 0 Å². The van der Waals surface area contributed by atoms with Crippen molar-refractivity contribution in [1.29, 1.82) is 0 Å². The molecule has 2 aromatic rings. The molecule has 0 aliphatic carbocycles. The van der Waals surface area contributed by atoms with Gasteiger partial charge in [-0.15, -0.1) is 0 Å². The molecule has 3 rings (SSSR count). The molecule has 0 saturated carbocycles. The number of carbonyl (C=O) groups excluding carboxylic acids is 1. The Hall–Kier alpha value is -3.29. The number of halogens is 2. The second-order valence-electron chi connectivity index (χ2n) is 7.22. The van der Waals surface area contributed by atoms with Crippen molar-refractivity contribution in [3.8, 4) is 5.88 Å². The summed E-state index contributed by atoms with van der Waals surface area (Å²) in [4.78, 5) is 22.9. The fraction of sp³-hybridized carbons (Fsp3) is 0.348. The van der Waals surface area contributed by atoms with E-state index in [1.165, 1.54) is 23.1 Å². The minimum Gasteiger partial charge on any atom is -0.472 e. The number of hydrogen-bond acceptors (Lipinski definition) is 5. The summed E-state index contributed by atoms with van der Waals surface area (Å²) in [5, 5.41) is 2.72. The van der Waals surface area contributed by atoms with E-state index in [1.54, 1.807) is 13.2 Å². The van der Waals surface area contributed by atoms with E-state index in [-0.39, 0.29) is 35.5 Å². The van der Waals surface area contributed by atoms with Gasteiger partial charge in [0.2, 0.25) is 5.88 Å². The molecule has 0 bridgehead atoms. The zero-order valence-corrected chi connectivity index (χ0v) is 17.9. The second kappa shape index (κ2) is 10.1. The van der Waals surface area contributed by atoms with Gasteiger partial charge < -0.3 is 15.0 Å². The predicted molar refractivity (Wildman–Crippen MR) is 115 cm³/mol. The van der Waals surface area contributed by atoms with Crippen LogP contribution < -0.4 is 10.1 Å². The van der Waals surface area contributed by atoms with Gasteiger partial charge in [0, 0.05) is 18.8 Å². The fourth-order valence-electron chi connectivity index (χ4n) is 3.29. The van der Waals surface area contributed by atoms with Crippen molar-refractivity contribution in [2.75, 3.05) is 20.1 Å². The number of likely N-dealkylation sites (N-methyl/N-ethyl adjacent to an activating group) is 1. The number of amides is 1. The average Bonchev–Trinajstić information content (AvgIpc) is 2.79. The molecule has 1 aromatic heterocycles. The number of benzene rings is 1. The van der Waals surface area contributed by atoms with Crippen LogP contribution in [0, 0.1) is 5.82 Å². The first-order valence-electron chi connectivity index (χ1n) is 10.3. The quantitative estimate of drug-likeness (QED) is 0.693. The lowest BCUT2D eigenvalue weighted by atomic mass is 10.0. The van der Waals surface area contributed by atoms with Crippen LogP contribution in [0.15, 0.2) is 53.5 Å². The first-order chi connectivity index (χ1) is 14.9. The van der Waals surface area contributed by atoms with Crippen molar-refractivity contribution in [3.63, 3.8) is 0 Å². The molecule has 1 aliphatic rings. The molecule has 0 fully saturated rings. The third-order valence-corrected chi connectivity index (χ3v) is 5.03. The Labute approximate surface area is 180 Å². The SMILES string of the molecule is CCc1cccnc1OC(CC)CN(C)C(=O)c1cccc(F)c1C1=NC=C(F)CN1. The van der Waals surface area contributed by atoms with Crippen LogP contribution in [0.3, 0.4) is 0 Å². The monoisotopic (exact) mass is 428 g/mol. The van der Waals surface area contributed by atoms with Crippen molar-refractivity contribution in [1.82, 2.24) is 15.2 Å². The number of rotatable bonds is 8. The van der Waals surface area contributed by atoms with Gasteiger partial charge in [0.25, 0.3) is 5.91 Å². The van der Waals surface area contributed by atoms with Crippen molar-refractivity contribution < 1.29 is 18.3 Å². The van der Waals surface area contributed by atoms with Gasteiger partial charge in [-0.2, -0.15) is 0 Å². The van der Waals surface area contributed by atoms with Gasteiger partial charge in [-0.05, 0) is 31.0 Å². The Morgan fingerprint density at radius 2 is 2.06 bits per heavy atom. The molecule has 2 heterocycles. The van der Waals surface area contributed by atoms with Crippen molar-refractivity contribution in [2.24, 2.45) is 4.99 Å². The highest BCUT2D eigenvalue weighted by atomic mass is 19.1. The molecular formula is C23H26F2N4O2. The first-order valence-corrected chi connectivity index (χ1v) is 10.3. The van der Waals surface area contributed by atoms with Crippen LogP contribution in [0.1, 0.15) is 41.8 Å². The Morgan fingerprint density at radius 3 is 2.74 bits per heavy atom. The van der Waals surface area contributed by atoms with E-state index >= 15 is 0 Å². The van der Waals surface area contributed by atoms with E-state index < -0.39 is 11.6 Å². The largest absolute Gasteiger partial charge is 0.472 e. The molecule has 1 amide bonds. The number of aliphatic imine (C=N–C) groups is 1. The molecule has 164 valence electrons. The number of aryl methyl sites for hydroxylation is 1. The summed E-state index contributed by atoms with van der Waals surface area (Å²) in [6, 6.07) is 8.06. The summed E-state index contributed by atoms with van der Waals surface area (Å²) in [5.41, 5.74) is 1.16. The Bertz CT molecular complexity index is 1010. The predicted octanol–water partition coefficient (Wildman–Crippen LogP) is 3.87. The van der Waals surface area contributed by atoms with Gasteiger partial charge in [-0.25, -0.2) is 18.8 Å². The third-order valence-electron chi connectivity index (χ3n) is 5.03. The lowest BCUT2D eigenvalue weighted by Crippen LogP contribution is -2.38. The van der Waals surface area contributed by atoms with E-state index in [9.17, 15) is 13.6 Å². The minimum absolute atomic E-state index is 0.0232. The number of nitrogens with zero attached hydrogens (tertiary/aromatic N) is 3. The van der Waals surface area contributed by atoms with Gasteiger partial charge in [-0.1, -0.05) is 26.0 Å². The molecule has 1 atom stereocenters. The van der Waals surface area contributed by atoms with E-state index in [4.69, 9.17) is 4.74 Å². The number of aromatic nitrogens is 1. The van der Waals surface area contributed by atoms with Gasteiger partial charge in [0.1, 0.15) is 23.6 Å². The van der Waals surface area contributed by atoms with Crippen LogP contribution in [-0.2, 0) is 6.42 Å². The maximum atomic E-state index is 14.6. The van der Waals surface area contributed by atoms with Crippen LogP contribution in [0.2, 0.25) is 0 Å². The zero-order valence-electron chi connectivity index (χ0n) is 17.9. The standard InChI is InChI=1S/C23H26F2N4O2/c1-4-15-8-7-11-26-22(15)31-17(5-2)14-29(3)23(30)18-9-6-10-19(25)20(18)21-27-12-16(24)13-28-21/h6-12,17H,4-5,13-14H2,1-3H3,(H,27,28). The smallest absolute Gasteiger partial charge is 0.254 e. The molecular weight excluding hydrogens is 402 g/mol. The molecule has 1 unspecified atom stereocenters. The zero-order chi connectivity index (χ0) is 22.4. The van der Waals surface area contributed by atoms with Crippen molar-refractivity contribution in [3.05, 3.63) is 71.1 Å². The molecule has 1 aliphatic heterocycles. The van der Waals surface area contributed by atoms with E-state index in [0.717, 1.165) is 18.2 Å². The molecule has 0 radical (unpaired) electrons. The second-order valence-corrected chi connectivity index (χ2v) is 7.22. The highest BCUT2D eigenvalue weighted by molar-refractivity contribution is 6.10. The highest BCUT2D eigenvalue weighted by Crippen LogP contribution is 2.20. The van der Waals surface area contributed by atoms with Gasteiger partial charge in [-0.3, -0.25) is 4.79 Å². The number of pyridine rings is 1. The summed E-state index contributed by atoms with van der Waals surface area (Å²) >= 11 is 0. The van der Waals surface area contributed by atoms with Crippen LogP contribution in [0.4, 0.5) is 8.78 Å². The van der Waals surface area contributed by atoms with Gasteiger partial charge in [0.05, 0.1) is 30.4 Å². The van der Waals surface area contributed by atoms with Crippen LogP contribution in [0.5, 0.6) is 5.88 Å². The van der Waals surface area contributed by atoms with Crippen LogP contribution >= 0.6 is 0 Å². The Morgan fingerprint density at radius 1 is 1.26 bits per heavy atom. The topological polar surface area (TPSA) is 66.8 Å². The Balaban J connectivity index is 1.80. The van der Waals surface area contributed by atoms with Crippen LogP contribution in [-0.4, -0.2) is 47.9 Å². The summed E-state index contributed by atoms with van der Waals surface area (Å²) in [6.45, 7) is 4.17. The number of carbonyl (C=O) groups is 1. The Kier molecular flexibility index (Phi) is 7.33. The fourth-order valence-corrected chi connectivity index (χ4v) is 3.29. The van der Waals surface area contributed by atoms with E-state index in [0.29, 0.717) is 18.8 Å². The molecule has 6 nitrogen and oxygen atoms in total. The molecule has 31 heavy (non-hydrogen) atoms. The molecule has 0 saturated heterocycles. The summed E-state index contributed by atoms with van der Waals surface area (Å²) in [6.07, 6.45) is 3.85. The van der Waals surface area contributed by atoms with Gasteiger partial charge >= 0.3 is 0 Å². The summed E-state index contributed by atoms with van der Waals surface area (Å²) in [5.74, 6) is -0.772. The maximum Gasteiger partial charge on any atom is 0.254 e. The molecule has 1 aromatic carbocycles. The average molecular weight is 428 g/mol. The number of nitrogens with one attached hydrogen (secondary N) is 1. The molecule has 1 N–H and O–H groups in total.